The molecule has 4 rings (SSSR count). The Balaban J connectivity index is 1.42. The number of aliphatic hydroxyl groups is 1. The number of β-amino-alcohol motifs (C(OH)–C–C–N with tert-alkyl or cyclic N) is 1. The van der Waals surface area contributed by atoms with E-state index in [1.165, 1.54) is 25.7 Å². The number of rotatable bonds is 4. The molecule has 0 radical (unpaired) electrons. The van der Waals surface area contributed by atoms with E-state index >= 15 is 0 Å². The predicted molar refractivity (Wildman–Crippen MR) is 84.5 cm³/mol. The first kappa shape index (κ1) is 14.8. The fraction of sp³-hybridized carbons (Fsp3) is 0.688. The van der Waals surface area contributed by atoms with E-state index < -0.39 is 5.60 Å². The lowest BCUT2D eigenvalue weighted by atomic mass is 9.90. The average Bonchev–Trinajstić information content (AvgIpc) is 3.29. The van der Waals surface area contributed by atoms with Crippen LogP contribution < -0.4 is 0 Å². The van der Waals surface area contributed by atoms with Gasteiger partial charge in [-0.15, -0.1) is 0 Å². The smallest absolute Gasteiger partial charge is 0.123 e. The Hall–Kier alpha value is -1.73. The van der Waals surface area contributed by atoms with E-state index in [4.69, 9.17) is 5.10 Å². The number of hydrogen-bond acceptors (Lipinski definition) is 5. The molecule has 124 valence electrons. The molecule has 0 aromatic carbocycles. The largest absolute Gasteiger partial charge is 0.382 e. The van der Waals surface area contributed by atoms with Crippen LogP contribution in [0.5, 0.6) is 0 Å². The summed E-state index contributed by atoms with van der Waals surface area (Å²) >= 11 is 0. The number of aromatic nitrogens is 5. The number of nitrogens with zero attached hydrogens (tertiary/aromatic N) is 5. The van der Waals surface area contributed by atoms with Crippen LogP contribution in [0.3, 0.4) is 0 Å². The van der Waals surface area contributed by atoms with Gasteiger partial charge in [0.1, 0.15) is 11.3 Å². The van der Waals surface area contributed by atoms with Crippen LogP contribution in [0.25, 0.3) is 0 Å². The van der Waals surface area contributed by atoms with Gasteiger partial charge in [-0.05, 0) is 38.3 Å². The molecule has 1 atom stereocenters. The van der Waals surface area contributed by atoms with Gasteiger partial charge in [0.2, 0.25) is 0 Å². The van der Waals surface area contributed by atoms with E-state index in [9.17, 15) is 5.11 Å². The fourth-order valence-corrected chi connectivity index (χ4v) is 3.96. The Labute approximate surface area is 135 Å². The van der Waals surface area contributed by atoms with E-state index in [0.29, 0.717) is 18.3 Å². The number of hydrogen-bond donors (Lipinski definition) is 2. The van der Waals surface area contributed by atoms with Crippen LogP contribution >= 0.6 is 0 Å². The zero-order valence-electron chi connectivity index (χ0n) is 13.4. The molecule has 7 heteroatoms. The van der Waals surface area contributed by atoms with E-state index in [1.807, 2.05) is 0 Å². The molecule has 7 nitrogen and oxygen atoms in total. The van der Waals surface area contributed by atoms with Crippen LogP contribution in [-0.4, -0.2) is 48.3 Å². The van der Waals surface area contributed by atoms with Gasteiger partial charge >= 0.3 is 0 Å². The zero-order valence-corrected chi connectivity index (χ0v) is 13.4. The van der Waals surface area contributed by atoms with Crippen molar-refractivity contribution in [2.75, 3.05) is 13.1 Å². The molecule has 2 fully saturated rings. The minimum atomic E-state index is -0.904. The normalized spacial score (nSPS) is 26.8. The maximum atomic E-state index is 10.9. The highest BCUT2D eigenvalue weighted by molar-refractivity contribution is 5.09. The van der Waals surface area contributed by atoms with Gasteiger partial charge in [-0.1, -0.05) is 12.8 Å². The molecule has 0 amide bonds. The SMILES string of the molecule is OC1(c2cn[nH]n2)CCCN(Cc2ccn(C3CCCC3)n2)C1. The van der Waals surface area contributed by atoms with Crippen molar-refractivity contribution >= 4 is 0 Å². The van der Waals surface area contributed by atoms with Gasteiger partial charge in [0.15, 0.2) is 0 Å². The average molecular weight is 316 g/mol. The molecular weight excluding hydrogens is 292 g/mol. The number of aromatic amines is 1. The second-order valence-electron chi connectivity index (χ2n) is 6.93. The molecule has 2 N–H and O–H groups in total. The van der Waals surface area contributed by atoms with Crippen molar-refractivity contribution < 1.29 is 5.11 Å². The molecule has 1 saturated heterocycles. The topological polar surface area (TPSA) is 82.9 Å². The van der Waals surface area contributed by atoms with Crippen molar-refractivity contribution in [1.82, 2.24) is 30.1 Å². The second kappa shape index (κ2) is 6.05. The first-order chi connectivity index (χ1) is 11.2. The van der Waals surface area contributed by atoms with Crippen molar-refractivity contribution in [3.8, 4) is 0 Å². The Morgan fingerprint density at radius 3 is 2.96 bits per heavy atom. The fourth-order valence-electron chi connectivity index (χ4n) is 3.96. The maximum absolute atomic E-state index is 10.9. The van der Waals surface area contributed by atoms with Crippen LogP contribution in [0.1, 0.15) is 56.0 Å². The van der Waals surface area contributed by atoms with E-state index in [-0.39, 0.29) is 0 Å². The Morgan fingerprint density at radius 2 is 2.17 bits per heavy atom. The summed E-state index contributed by atoms with van der Waals surface area (Å²) < 4.78 is 2.14. The number of piperidine rings is 1. The molecule has 3 heterocycles. The van der Waals surface area contributed by atoms with Crippen molar-refractivity contribution in [1.29, 1.82) is 0 Å². The number of likely N-dealkylation sites (tertiary alicyclic amines) is 1. The molecule has 2 aromatic heterocycles. The monoisotopic (exact) mass is 316 g/mol. The highest BCUT2D eigenvalue weighted by Crippen LogP contribution is 2.31. The summed E-state index contributed by atoms with van der Waals surface area (Å²) in [7, 11) is 0. The minimum Gasteiger partial charge on any atom is -0.382 e. The molecule has 0 spiro atoms. The van der Waals surface area contributed by atoms with Gasteiger partial charge in [0.25, 0.3) is 0 Å². The molecule has 23 heavy (non-hydrogen) atoms. The third kappa shape index (κ3) is 3.03. The minimum absolute atomic E-state index is 0.579. The van der Waals surface area contributed by atoms with Crippen LogP contribution in [0, 0.1) is 0 Å². The number of H-pyrrole nitrogens is 1. The first-order valence-corrected chi connectivity index (χ1v) is 8.58. The second-order valence-corrected chi connectivity index (χ2v) is 6.93. The van der Waals surface area contributed by atoms with Crippen LogP contribution in [0.4, 0.5) is 0 Å². The molecule has 0 bridgehead atoms. The summed E-state index contributed by atoms with van der Waals surface area (Å²) in [5.41, 5.74) is 0.819. The molecule has 1 aliphatic carbocycles. The standard InChI is InChI=1S/C16H24N6O/c23-16(15-10-17-20-18-15)7-3-8-21(12-16)11-13-6-9-22(19-13)14-4-1-2-5-14/h6,9-10,14,23H,1-5,7-8,11-12H2,(H,17,18,20). The van der Waals surface area contributed by atoms with Crippen molar-refractivity contribution in [3.63, 3.8) is 0 Å². The van der Waals surface area contributed by atoms with Gasteiger partial charge in [0.05, 0.1) is 17.9 Å². The third-order valence-corrected chi connectivity index (χ3v) is 5.19. The summed E-state index contributed by atoms with van der Waals surface area (Å²) in [5.74, 6) is 0. The first-order valence-electron chi connectivity index (χ1n) is 8.58. The van der Waals surface area contributed by atoms with Gasteiger partial charge in [-0.25, -0.2) is 0 Å². The molecule has 2 aliphatic rings. The molecule has 2 aromatic rings. The Morgan fingerprint density at radius 1 is 1.30 bits per heavy atom. The predicted octanol–water partition coefficient (Wildman–Crippen LogP) is 1.60. The van der Waals surface area contributed by atoms with Gasteiger partial charge in [-0.2, -0.15) is 20.5 Å². The molecule has 1 unspecified atom stereocenters. The summed E-state index contributed by atoms with van der Waals surface area (Å²) in [6, 6.07) is 2.69. The maximum Gasteiger partial charge on any atom is 0.123 e. The third-order valence-electron chi connectivity index (χ3n) is 5.19. The Bertz CT molecular complexity index is 633. The highest BCUT2D eigenvalue weighted by Gasteiger charge is 2.37. The van der Waals surface area contributed by atoms with E-state index in [1.54, 1.807) is 6.20 Å². The zero-order chi connectivity index (χ0) is 15.7. The van der Waals surface area contributed by atoms with Gasteiger partial charge < -0.3 is 5.11 Å². The summed E-state index contributed by atoms with van der Waals surface area (Å²) in [5, 5.41) is 26.1. The Kier molecular flexibility index (Phi) is 3.90. The lowest BCUT2D eigenvalue weighted by Gasteiger charge is -2.37. The van der Waals surface area contributed by atoms with Crippen molar-refractivity contribution in [3.05, 3.63) is 29.8 Å². The summed E-state index contributed by atoms with van der Waals surface area (Å²) in [4.78, 5) is 2.26. The lowest BCUT2D eigenvalue weighted by Crippen LogP contribution is -2.46. The quantitative estimate of drug-likeness (QED) is 0.895. The van der Waals surface area contributed by atoms with E-state index in [0.717, 1.165) is 31.6 Å². The van der Waals surface area contributed by atoms with Crippen molar-refractivity contribution in [2.24, 2.45) is 0 Å². The van der Waals surface area contributed by atoms with Crippen LogP contribution in [0.15, 0.2) is 18.5 Å². The summed E-state index contributed by atoms with van der Waals surface area (Å²) in [6.07, 6.45) is 10.5. The molecule has 1 aliphatic heterocycles. The van der Waals surface area contributed by atoms with Gasteiger partial charge in [-0.3, -0.25) is 9.58 Å². The van der Waals surface area contributed by atoms with Gasteiger partial charge in [0, 0.05) is 19.3 Å². The lowest BCUT2D eigenvalue weighted by molar-refractivity contribution is -0.0417. The number of nitrogens with one attached hydrogen (secondary N) is 1. The van der Waals surface area contributed by atoms with E-state index in [2.05, 4.69) is 37.3 Å². The summed E-state index contributed by atoms with van der Waals surface area (Å²) in [6.45, 7) is 2.34. The highest BCUT2D eigenvalue weighted by atomic mass is 16.3. The molecule has 1 saturated carbocycles. The van der Waals surface area contributed by atoms with Crippen LogP contribution in [0.2, 0.25) is 0 Å². The molecular formula is C16H24N6O. The van der Waals surface area contributed by atoms with Crippen molar-refractivity contribution in [2.45, 2.75) is 56.7 Å². The van der Waals surface area contributed by atoms with Crippen LogP contribution in [-0.2, 0) is 12.1 Å².